The van der Waals surface area contributed by atoms with Gasteiger partial charge in [0.2, 0.25) is 11.8 Å². The average Bonchev–Trinajstić information content (AvgIpc) is 3.43. The van der Waals surface area contributed by atoms with Gasteiger partial charge in [0.05, 0.1) is 17.6 Å². The van der Waals surface area contributed by atoms with Gasteiger partial charge in [0.15, 0.2) is 5.82 Å². The van der Waals surface area contributed by atoms with Crippen LogP contribution in [0.5, 0.6) is 5.88 Å². The third kappa shape index (κ3) is 5.64. The van der Waals surface area contributed by atoms with Gasteiger partial charge >= 0.3 is 0 Å². The average molecular weight is 506 g/mol. The van der Waals surface area contributed by atoms with Crippen molar-refractivity contribution in [3.05, 3.63) is 71.6 Å². The van der Waals surface area contributed by atoms with Gasteiger partial charge < -0.3 is 19.9 Å². The van der Waals surface area contributed by atoms with E-state index in [0.717, 1.165) is 49.7 Å². The first kappa shape index (κ1) is 24.9. The molecule has 1 atom stereocenters. The highest BCUT2D eigenvalue weighted by molar-refractivity contribution is 5.92. The monoisotopic (exact) mass is 505 g/mol. The normalized spacial score (nSPS) is 18.2. The van der Waals surface area contributed by atoms with E-state index in [4.69, 9.17) is 9.72 Å². The molecule has 1 unspecified atom stereocenters. The number of benzene rings is 1. The maximum Gasteiger partial charge on any atom is 0.269 e. The summed E-state index contributed by atoms with van der Waals surface area (Å²) in [5.74, 6) is 0.398. The molecule has 0 aliphatic carbocycles. The number of aromatic nitrogens is 3. The zero-order chi connectivity index (χ0) is 25.8. The minimum absolute atomic E-state index is 0.0845. The van der Waals surface area contributed by atoms with Gasteiger partial charge in [0, 0.05) is 52.4 Å². The maximum absolute atomic E-state index is 14.6. The van der Waals surface area contributed by atoms with Crippen LogP contribution in [0.3, 0.4) is 0 Å². The second-order valence-electron chi connectivity index (χ2n) is 9.39. The first-order valence-corrected chi connectivity index (χ1v) is 12.6. The molecule has 2 aliphatic rings. The second kappa shape index (κ2) is 11.1. The highest BCUT2D eigenvalue weighted by Gasteiger charge is 2.31. The van der Waals surface area contributed by atoms with Crippen molar-refractivity contribution in [1.29, 1.82) is 0 Å². The standard InChI is InChI=1S/C27H32FN7O2/c1-19-27(37-18-20-6-4-3-5-7-20)32-24(16-30-19)35-11-10-21(17-35)33-12-14-34(15-13-33)23-9-8-22(26(36)29-2)31-25(23)28/h3-9,16,21H,10-15,17-18H2,1-2H3,(H,29,36). The summed E-state index contributed by atoms with van der Waals surface area (Å²) in [7, 11) is 1.50. The van der Waals surface area contributed by atoms with Crippen LogP contribution in [0.25, 0.3) is 0 Å². The van der Waals surface area contributed by atoms with E-state index in [9.17, 15) is 9.18 Å². The van der Waals surface area contributed by atoms with E-state index in [1.54, 1.807) is 12.1 Å². The topological polar surface area (TPSA) is 86.7 Å². The van der Waals surface area contributed by atoms with Crippen LogP contribution in [-0.4, -0.2) is 78.1 Å². The highest BCUT2D eigenvalue weighted by atomic mass is 19.1. The quantitative estimate of drug-likeness (QED) is 0.491. The van der Waals surface area contributed by atoms with E-state index in [1.807, 2.05) is 48.4 Å². The summed E-state index contributed by atoms with van der Waals surface area (Å²) in [5.41, 5.74) is 2.39. The minimum Gasteiger partial charge on any atom is -0.471 e. The Labute approximate surface area is 216 Å². The van der Waals surface area contributed by atoms with Gasteiger partial charge in [0.25, 0.3) is 5.91 Å². The van der Waals surface area contributed by atoms with Crippen molar-refractivity contribution >= 4 is 17.4 Å². The number of aryl methyl sites for hydroxylation is 1. The highest BCUT2D eigenvalue weighted by Crippen LogP contribution is 2.26. The van der Waals surface area contributed by atoms with Gasteiger partial charge in [-0.15, -0.1) is 0 Å². The van der Waals surface area contributed by atoms with Crippen molar-refractivity contribution in [3.8, 4) is 5.88 Å². The van der Waals surface area contributed by atoms with Gasteiger partial charge in [0.1, 0.15) is 12.3 Å². The number of pyridine rings is 1. The first-order chi connectivity index (χ1) is 18.0. The van der Waals surface area contributed by atoms with Crippen LogP contribution >= 0.6 is 0 Å². The van der Waals surface area contributed by atoms with Gasteiger partial charge in [-0.05, 0) is 31.0 Å². The predicted octanol–water partition coefficient (Wildman–Crippen LogP) is 2.66. The Bertz CT molecular complexity index is 1230. The lowest BCUT2D eigenvalue weighted by Crippen LogP contribution is -2.51. The summed E-state index contributed by atoms with van der Waals surface area (Å²) in [6.07, 6.45) is 2.86. The number of hydrogen-bond donors (Lipinski definition) is 1. The summed E-state index contributed by atoms with van der Waals surface area (Å²) in [6, 6.07) is 13.6. The summed E-state index contributed by atoms with van der Waals surface area (Å²) in [4.78, 5) is 31.6. The molecule has 2 fully saturated rings. The van der Waals surface area contributed by atoms with E-state index in [-0.39, 0.29) is 5.69 Å². The first-order valence-electron chi connectivity index (χ1n) is 12.6. The van der Waals surface area contributed by atoms with Crippen LogP contribution in [0.15, 0.2) is 48.7 Å². The molecule has 3 aromatic rings. The van der Waals surface area contributed by atoms with Crippen molar-refractivity contribution < 1.29 is 13.9 Å². The molecule has 0 radical (unpaired) electrons. The number of nitrogens with one attached hydrogen (secondary N) is 1. The van der Waals surface area contributed by atoms with Crippen molar-refractivity contribution in [1.82, 2.24) is 25.2 Å². The zero-order valence-corrected chi connectivity index (χ0v) is 21.2. The van der Waals surface area contributed by atoms with Gasteiger partial charge in [-0.3, -0.25) is 14.7 Å². The number of piperazine rings is 1. The molecule has 9 nitrogen and oxygen atoms in total. The van der Waals surface area contributed by atoms with Gasteiger partial charge in [-0.1, -0.05) is 30.3 Å². The molecule has 0 spiro atoms. The Hall–Kier alpha value is -3.79. The molecule has 1 N–H and O–H groups in total. The Morgan fingerprint density at radius 3 is 2.57 bits per heavy atom. The van der Waals surface area contributed by atoms with E-state index in [0.29, 0.717) is 37.3 Å². The van der Waals surface area contributed by atoms with Crippen LogP contribution in [-0.2, 0) is 6.61 Å². The van der Waals surface area contributed by atoms with Crippen LogP contribution in [0, 0.1) is 12.9 Å². The Balaban J connectivity index is 1.16. The predicted molar refractivity (Wildman–Crippen MR) is 140 cm³/mol. The number of rotatable bonds is 7. The minimum atomic E-state index is -0.607. The fraction of sp³-hybridized carbons (Fsp3) is 0.407. The van der Waals surface area contributed by atoms with Crippen LogP contribution in [0.4, 0.5) is 15.9 Å². The molecule has 1 aromatic carbocycles. The SMILES string of the molecule is CNC(=O)c1ccc(N2CCN(C3CCN(c4cnc(C)c(OCc5ccccc5)n4)C3)CC2)c(F)n1. The summed E-state index contributed by atoms with van der Waals surface area (Å²) in [5, 5.41) is 2.47. The summed E-state index contributed by atoms with van der Waals surface area (Å²) >= 11 is 0. The smallest absolute Gasteiger partial charge is 0.269 e. The van der Waals surface area contributed by atoms with Crippen molar-refractivity contribution in [2.45, 2.75) is 26.0 Å². The van der Waals surface area contributed by atoms with Gasteiger partial charge in [-0.2, -0.15) is 9.37 Å². The maximum atomic E-state index is 14.6. The van der Waals surface area contributed by atoms with Gasteiger partial charge in [-0.25, -0.2) is 4.98 Å². The Kier molecular flexibility index (Phi) is 7.45. The number of amides is 1. The lowest BCUT2D eigenvalue weighted by atomic mass is 10.2. The molecule has 2 aliphatic heterocycles. The molecule has 2 saturated heterocycles. The molecule has 10 heteroatoms. The van der Waals surface area contributed by atoms with E-state index < -0.39 is 11.9 Å². The molecular formula is C27H32FN7O2. The van der Waals surface area contributed by atoms with E-state index in [1.165, 1.54) is 7.05 Å². The molecule has 1 amide bonds. The molecule has 0 bridgehead atoms. The molecular weight excluding hydrogens is 473 g/mol. The Morgan fingerprint density at radius 2 is 1.84 bits per heavy atom. The fourth-order valence-corrected chi connectivity index (χ4v) is 4.93. The van der Waals surface area contributed by atoms with E-state index in [2.05, 4.69) is 25.1 Å². The fourth-order valence-electron chi connectivity index (χ4n) is 4.93. The van der Waals surface area contributed by atoms with Crippen LogP contribution in [0.2, 0.25) is 0 Å². The summed E-state index contributed by atoms with van der Waals surface area (Å²) in [6.45, 7) is 7.21. The van der Waals surface area contributed by atoms with E-state index >= 15 is 0 Å². The molecule has 194 valence electrons. The molecule has 37 heavy (non-hydrogen) atoms. The van der Waals surface area contributed by atoms with Crippen molar-refractivity contribution in [3.63, 3.8) is 0 Å². The van der Waals surface area contributed by atoms with Crippen molar-refractivity contribution in [2.75, 3.05) is 56.1 Å². The Morgan fingerprint density at radius 1 is 1.05 bits per heavy atom. The molecule has 2 aromatic heterocycles. The number of carbonyl (C=O) groups excluding carboxylic acids is 1. The number of hydrogen-bond acceptors (Lipinski definition) is 8. The lowest BCUT2D eigenvalue weighted by Gasteiger charge is -2.39. The lowest BCUT2D eigenvalue weighted by molar-refractivity contribution is 0.0957. The zero-order valence-electron chi connectivity index (χ0n) is 21.2. The number of nitrogens with zero attached hydrogens (tertiary/aromatic N) is 6. The third-order valence-corrected chi connectivity index (χ3v) is 7.07. The third-order valence-electron chi connectivity index (χ3n) is 7.07. The summed E-state index contributed by atoms with van der Waals surface area (Å²) < 4.78 is 20.6. The number of carbonyl (C=O) groups is 1. The number of anilines is 2. The molecule has 5 rings (SSSR count). The second-order valence-corrected chi connectivity index (χ2v) is 9.39. The van der Waals surface area contributed by atoms with Crippen LogP contribution in [0.1, 0.15) is 28.2 Å². The van der Waals surface area contributed by atoms with Crippen molar-refractivity contribution in [2.24, 2.45) is 0 Å². The molecule has 0 saturated carbocycles. The van der Waals surface area contributed by atoms with Crippen LogP contribution < -0.4 is 19.9 Å². The number of halogens is 1. The number of ether oxygens (including phenoxy) is 1. The largest absolute Gasteiger partial charge is 0.471 e. The molecule has 4 heterocycles.